The fourth-order valence-corrected chi connectivity index (χ4v) is 2.32. The van der Waals surface area contributed by atoms with E-state index in [4.69, 9.17) is 0 Å². The highest BCUT2D eigenvalue weighted by molar-refractivity contribution is 6.12. The number of benzene rings is 2. The summed E-state index contributed by atoms with van der Waals surface area (Å²) in [5.41, 5.74) is 2.04. The van der Waals surface area contributed by atoms with Crippen LogP contribution in [0.5, 0.6) is 5.75 Å². The number of nitrogens with zero attached hydrogens (tertiary/aromatic N) is 3. The van der Waals surface area contributed by atoms with Crippen LogP contribution in [0.2, 0.25) is 0 Å². The zero-order chi connectivity index (χ0) is 15.0. The molecule has 1 N–H and O–H groups in total. The first-order valence-corrected chi connectivity index (χ1v) is 6.57. The number of rotatable bonds is 2. The first-order chi connectivity index (χ1) is 10.1. The molecule has 2 aromatic carbocycles. The van der Waals surface area contributed by atoms with Crippen LogP contribution < -0.4 is 4.90 Å². The van der Waals surface area contributed by atoms with Crippen LogP contribution in [-0.2, 0) is 7.05 Å². The molecule has 3 rings (SSSR count). The Bertz CT molecular complexity index is 806. The van der Waals surface area contributed by atoms with Gasteiger partial charge in [0.05, 0.1) is 5.52 Å². The summed E-state index contributed by atoms with van der Waals surface area (Å²) in [5.74, 6) is -0.0135. The van der Waals surface area contributed by atoms with Crippen LogP contribution >= 0.6 is 0 Å². The van der Waals surface area contributed by atoms with Crippen molar-refractivity contribution in [3.8, 4) is 5.75 Å². The number of hydrogen-bond acceptors (Lipinski definition) is 3. The van der Waals surface area contributed by atoms with E-state index in [-0.39, 0.29) is 11.7 Å². The highest BCUT2D eigenvalue weighted by atomic mass is 16.3. The lowest BCUT2D eigenvalue weighted by Gasteiger charge is -2.16. The van der Waals surface area contributed by atoms with Crippen LogP contribution in [0.4, 0.5) is 5.69 Å². The third-order valence-corrected chi connectivity index (χ3v) is 3.50. The summed E-state index contributed by atoms with van der Waals surface area (Å²) < 4.78 is 1.70. The van der Waals surface area contributed by atoms with Crippen molar-refractivity contribution >= 4 is 22.5 Å². The molecule has 0 radical (unpaired) electrons. The molecule has 1 heterocycles. The van der Waals surface area contributed by atoms with Gasteiger partial charge in [-0.15, -0.1) is 0 Å². The first kappa shape index (κ1) is 13.2. The Labute approximate surface area is 122 Å². The van der Waals surface area contributed by atoms with Crippen molar-refractivity contribution in [3.63, 3.8) is 0 Å². The highest BCUT2D eigenvalue weighted by Crippen LogP contribution is 2.22. The summed E-state index contributed by atoms with van der Waals surface area (Å²) >= 11 is 0. The molecular weight excluding hydrogens is 266 g/mol. The minimum Gasteiger partial charge on any atom is -0.508 e. The third-order valence-electron chi connectivity index (χ3n) is 3.50. The van der Waals surface area contributed by atoms with Crippen molar-refractivity contribution in [2.24, 2.45) is 7.05 Å². The second-order valence-corrected chi connectivity index (χ2v) is 4.87. The molecule has 0 atom stereocenters. The number of carbonyl (C=O) groups is 1. The lowest BCUT2D eigenvalue weighted by Crippen LogP contribution is -2.26. The molecule has 106 valence electrons. The van der Waals surface area contributed by atoms with Crippen LogP contribution in [-0.4, -0.2) is 27.8 Å². The molecule has 0 aliphatic rings. The maximum Gasteiger partial charge on any atom is 0.279 e. The molecule has 3 aromatic rings. The van der Waals surface area contributed by atoms with E-state index >= 15 is 0 Å². The number of para-hydroxylation sites is 1. The van der Waals surface area contributed by atoms with Crippen LogP contribution in [0, 0.1) is 0 Å². The number of aryl methyl sites for hydroxylation is 1. The Morgan fingerprint density at radius 2 is 1.81 bits per heavy atom. The molecule has 0 aliphatic carbocycles. The van der Waals surface area contributed by atoms with E-state index < -0.39 is 0 Å². The third kappa shape index (κ3) is 2.23. The largest absolute Gasteiger partial charge is 0.508 e. The van der Waals surface area contributed by atoms with E-state index in [0.29, 0.717) is 11.4 Å². The van der Waals surface area contributed by atoms with Gasteiger partial charge in [-0.3, -0.25) is 9.48 Å². The molecule has 0 spiro atoms. The summed E-state index contributed by atoms with van der Waals surface area (Å²) in [6, 6.07) is 14.1. The zero-order valence-corrected chi connectivity index (χ0v) is 11.8. The molecule has 5 heteroatoms. The van der Waals surface area contributed by atoms with E-state index in [1.54, 1.807) is 36.0 Å². The summed E-state index contributed by atoms with van der Waals surface area (Å²) in [6.45, 7) is 0. The average molecular weight is 281 g/mol. The van der Waals surface area contributed by atoms with Gasteiger partial charge in [0.2, 0.25) is 0 Å². The number of phenolic OH excluding ortho intramolecular Hbond substituents is 1. The van der Waals surface area contributed by atoms with Crippen molar-refractivity contribution in [3.05, 3.63) is 54.2 Å². The molecule has 1 amide bonds. The van der Waals surface area contributed by atoms with Gasteiger partial charge < -0.3 is 10.0 Å². The number of phenols is 1. The van der Waals surface area contributed by atoms with Crippen molar-refractivity contribution in [2.45, 2.75) is 0 Å². The van der Waals surface area contributed by atoms with Crippen molar-refractivity contribution in [2.75, 3.05) is 11.9 Å². The van der Waals surface area contributed by atoms with Gasteiger partial charge >= 0.3 is 0 Å². The normalized spacial score (nSPS) is 10.8. The molecule has 0 fully saturated rings. The standard InChI is InChI=1S/C16H15N3O2/c1-18(11-7-9-12(20)10-8-11)16(21)15-13-5-3-4-6-14(13)19(2)17-15/h3-10,20H,1-2H3. The quantitative estimate of drug-likeness (QED) is 0.785. The molecule has 5 nitrogen and oxygen atoms in total. The van der Waals surface area contributed by atoms with Crippen LogP contribution in [0.1, 0.15) is 10.5 Å². The van der Waals surface area contributed by atoms with Gasteiger partial charge in [-0.25, -0.2) is 0 Å². The van der Waals surface area contributed by atoms with Crippen molar-refractivity contribution < 1.29 is 9.90 Å². The average Bonchev–Trinajstić information content (AvgIpc) is 2.84. The molecular formula is C16H15N3O2. The van der Waals surface area contributed by atoms with Gasteiger partial charge in [0, 0.05) is 25.2 Å². The number of fused-ring (bicyclic) bond motifs is 1. The number of carbonyl (C=O) groups excluding carboxylic acids is 1. The van der Waals surface area contributed by atoms with E-state index in [0.717, 1.165) is 10.9 Å². The van der Waals surface area contributed by atoms with Crippen LogP contribution in [0.25, 0.3) is 10.9 Å². The number of aromatic hydroxyl groups is 1. The predicted octanol–water partition coefficient (Wildman–Crippen LogP) is 2.56. The summed E-state index contributed by atoms with van der Waals surface area (Å²) in [5, 5.41) is 14.5. The summed E-state index contributed by atoms with van der Waals surface area (Å²) in [6.07, 6.45) is 0. The molecule has 0 bridgehead atoms. The minimum absolute atomic E-state index is 0.169. The van der Waals surface area contributed by atoms with E-state index in [9.17, 15) is 9.90 Å². The Morgan fingerprint density at radius 3 is 2.52 bits per heavy atom. The van der Waals surface area contributed by atoms with Crippen molar-refractivity contribution in [1.82, 2.24) is 9.78 Å². The number of amides is 1. The maximum atomic E-state index is 12.6. The van der Waals surface area contributed by atoms with Gasteiger partial charge in [0.15, 0.2) is 5.69 Å². The Morgan fingerprint density at radius 1 is 1.14 bits per heavy atom. The van der Waals surface area contributed by atoms with Gasteiger partial charge in [0.1, 0.15) is 5.75 Å². The smallest absolute Gasteiger partial charge is 0.279 e. The van der Waals surface area contributed by atoms with Crippen LogP contribution in [0.15, 0.2) is 48.5 Å². The Kier molecular flexibility index (Phi) is 3.10. The van der Waals surface area contributed by atoms with Gasteiger partial charge in [-0.1, -0.05) is 18.2 Å². The second-order valence-electron chi connectivity index (χ2n) is 4.87. The fraction of sp³-hybridized carbons (Fsp3) is 0.125. The Balaban J connectivity index is 2.02. The topological polar surface area (TPSA) is 58.4 Å². The molecule has 0 aliphatic heterocycles. The van der Waals surface area contributed by atoms with Crippen molar-refractivity contribution in [1.29, 1.82) is 0 Å². The summed E-state index contributed by atoms with van der Waals surface area (Å²) in [7, 11) is 3.51. The van der Waals surface area contributed by atoms with Gasteiger partial charge in [0.25, 0.3) is 5.91 Å². The molecule has 0 unspecified atom stereocenters. The monoisotopic (exact) mass is 281 g/mol. The van der Waals surface area contributed by atoms with E-state index in [1.165, 1.54) is 4.90 Å². The summed E-state index contributed by atoms with van der Waals surface area (Å²) in [4.78, 5) is 14.2. The number of hydrogen-bond donors (Lipinski definition) is 1. The second kappa shape index (κ2) is 4.94. The minimum atomic E-state index is -0.183. The van der Waals surface area contributed by atoms with Crippen LogP contribution in [0.3, 0.4) is 0 Å². The lowest BCUT2D eigenvalue weighted by molar-refractivity contribution is 0.0989. The fourth-order valence-electron chi connectivity index (χ4n) is 2.32. The lowest BCUT2D eigenvalue weighted by atomic mass is 10.2. The van der Waals surface area contributed by atoms with Gasteiger partial charge in [-0.2, -0.15) is 5.10 Å². The number of anilines is 1. The van der Waals surface area contributed by atoms with E-state index in [1.807, 2.05) is 31.3 Å². The first-order valence-electron chi connectivity index (χ1n) is 6.57. The predicted molar refractivity (Wildman–Crippen MR) is 81.6 cm³/mol. The molecule has 1 aromatic heterocycles. The molecule has 21 heavy (non-hydrogen) atoms. The highest BCUT2D eigenvalue weighted by Gasteiger charge is 2.20. The maximum absolute atomic E-state index is 12.6. The SMILES string of the molecule is CN(C(=O)c1nn(C)c2ccccc12)c1ccc(O)cc1. The zero-order valence-electron chi connectivity index (χ0n) is 11.8. The number of aromatic nitrogens is 2. The Hall–Kier alpha value is -2.82. The van der Waals surface area contributed by atoms with Gasteiger partial charge in [-0.05, 0) is 30.3 Å². The molecule has 0 saturated heterocycles. The molecule has 0 saturated carbocycles. The van der Waals surface area contributed by atoms with E-state index in [2.05, 4.69) is 5.10 Å².